The second-order valence-electron chi connectivity index (χ2n) is 4.53. The molecule has 7 nitrogen and oxygen atoms in total. The van der Waals surface area contributed by atoms with Gasteiger partial charge in [-0.25, -0.2) is 19.9 Å². The van der Waals surface area contributed by atoms with E-state index in [1.165, 1.54) is 12.7 Å². The van der Waals surface area contributed by atoms with Gasteiger partial charge in [0.05, 0.1) is 6.04 Å². The van der Waals surface area contributed by atoms with Crippen LogP contribution in [0.25, 0.3) is 0 Å². The lowest BCUT2D eigenvalue weighted by Gasteiger charge is -2.19. The minimum Gasteiger partial charge on any atom is -0.344 e. The predicted molar refractivity (Wildman–Crippen MR) is 66.6 cm³/mol. The molecule has 7 heteroatoms. The first-order chi connectivity index (χ1) is 8.66. The molecule has 1 N–H and O–H groups in total. The van der Waals surface area contributed by atoms with Gasteiger partial charge in [0.1, 0.15) is 24.8 Å². The van der Waals surface area contributed by atoms with Crippen molar-refractivity contribution in [2.45, 2.75) is 26.3 Å². The Kier molecular flexibility index (Phi) is 3.81. The minimum atomic E-state index is 0.0416. The highest BCUT2D eigenvalue weighted by molar-refractivity contribution is 5.25. The van der Waals surface area contributed by atoms with E-state index >= 15 is 0 Å². The van der Waals surface area contributed by atoms with E-state index in [0.29, 0.717) is 11.9 Å². The predicted octanol–water partition coefficient (Wildman–Crippen LogP) is 1.20. The number of aromatic nitrogens is 6. The topological polar surface area (TPSA) is 81.4 Å². The smallest absolute Gasteiger partial charge is 0.226 e. The number of aryl methyl sites for hydroxylation is 1. The SMILES string of the molecule is CC(C)C[C@H](Nc1ncncn1)c1ncnn1C. The fraction of sp³-hybridized carbons (Fsp3) is 0.545. The van der Waals surface area contributed by atoms with E-state index in [1.54, 1.807) is 11.0 Å². The third kappa shape index (κ3) is 2.99. The van der Waals surface area contributed by atoms with E-state index in [0.717, 1.165) is 12.2 Å². The van der Waals surface area contributed by atoms with Gasteiger partial charge in [-0.3, -0.25) is 4.68 Å². The summed E-state index contributed by atoms with van der Waals surface area (Å²) in [5.41, 5.74) is 0. The molecule has 0 unspecified atom stereocenters. The van der Waals surface area contributed by atoms with Gasteiger partial charge in [0.25, 0.3) is 0 Å². The molecule has 18 heavy (non-hydrogen) atoms. The maximum absolute atomic E-state index is 4.28. The summed E-state index contributed by atoms with van der Waals surface area (Å²) in [7, 11) is 1.88. The van der Waals surface area contributed by atoms with Crippen LogP contribution in [0.1, 0.15) is 32.1 Å². The lowest BCUT2D eigenvalue weighted by Crippen LogP contribution is -2.19. The Balaban J connectivity index is 2.18. The maximum Gasteiger partial charge on any atom is 0.226 e. The second-order valence-corrected chi connectivity index (χ2v) is 4.53. The average Bonchev–Trinajstić information content (AvgIpc) is 2.75. The largest absolute Gasteiger partial charge is 0.344 e. The van der Waals surface area contributed by atoms with Gasteiger partial charge in [0.2, 0.25) is 5.95 Å². The summed E-state index contributed by atoms with van der Waals surface area (Å²) in [6.07, 6.45) is 5.42. The summed E-state index contributed by atoms with van der Waals surface area (Å²) in [5, 5.41) is 7.37. The van der Waals surface area contributed by atoms with Gasteiger partial charge < -0.3 is 5.32 Å². The van der Waals surface area contributed by atoms with Crippen LogP contribution >= 0.6 is 0 Å². The molecule has 0 bridgehead atoms. The van der Waals surface area contributed by atoms with E-state index in [1.807, 2.05) is 7.05 Å². The van der Waals surface area contributed by atoms with E-state index in [4.69, 9.17) is 0 Å². The molecule has 0 spiro atoms. The van der Waals surface area contributed by atoms with Crippen LogP contribution < -0.4 is 5.32 Å². The zero-order chi connectivity index (χ0) is 13.0. The van der Waals surface area contributed by atoms with Crippen molar-refractivity contribution in [3.63, 3.8) is 0 Å². The van der Waals surface area contributed by atoms with Crippen LogP contribution in [-0.4, -0.2) is 29.7 Å². The average molecular weight is 247 g/mol. The molecule has 0 fully saturated rings. The number of nitrogens with one attached hydrogen (secondary N) is 1. The Morgan fingerprint density at radius 3 is 2.44 bits per heavy atom. The van der Waals surface area contributed by atoms with Gasteiger partial charge in [-0.05, 0) is 12.3 Å². The van der Waals surface area contributed by atoms with Gasteiger partial charge in [-0.15, -0.1) is 0 Å². The van der Waals surface area contributed by atoms with Crippen molar-refractivity contribution in [3.05, 3.63) is 24.8 Å². The molecule has 0 aliphatic rings. The Hall–Kier alpha value is -2.05. The van der Waals surface area contributed by atoms with Crippen molar-refractivity contribution in [2.75, 3.05) is 5.32 Å². The van der Waals surface area contributed by atoms with Gasteiger partial charge >= 0.3 is 0 Å². The Labute approximate surface area is 106 Å². The van der Waals surface area contributed by atoms with E-state index in [2.05, 4.69) is 44.2 Å². The van der Waals surface area contributed by atoms with Crippen molar-refractivity contribution < 1.29 is 0 Å². The first-order valence-corrected chi connectivity index (χ1v) is 5.89. The third-order valence-corrected chi connectivity index (χ3v) is 2.56. The summed E-state index contributed by atoms with van der Waals surface area (Å²) >= 11 is 0. The van der Waals surface area contributed by atoms with Crippen LogP contribution in [-0.2, 0) is 7.05 Å². The summed E-state index contributed by atoms with van der Waals surface area (Å²) in [5.74, 6) is 1.96. The van der Waals surface area contributed by atoms with Gasteiger partial charge in [-0.2, -0.15) is 5.10 Å². The molecule has 2 rings (SSSR count). The van der Waals surface area contributed by atoms with Crippen LogP contribution in [0.4, 0.5) is 5.95 Å². The second kappa shape index (κ2) is 5.52. The Morgan fingerprint density at radius 1 is 1.17 bits per heavy atom. The normalized spacial score (nSPS) is 12.7. The van der Waals surface area contributed by atoms with Gasteiger partial charge in [0.15, 0.2) is 0 Å². The number of hydrogen-bond acceptors (Lipinski definition) is 6. The molecule has 0 amide bonds. The highest BCUT2D eigenvalue weighted by Crippen LogP contribution is 2.22. The molecular weight excluding hydrogens is 230 g/mol. The highest BCUT2D eigenvalue weighted by atomic mass is 15.3. The number of nitrogens with zero attached hydrogens (tertiary/aromatic N) is 6. The molecule has 0 saturated heterocycles. The molecule has 0 aromatic carbocycles. The standard InChI is InChI=1S/C11H17N7/c1-8(2)4-9(10-13-7-16-18(10)3)17-11-14-5-12-6-15-11/h5-9H,4H2,1-3H3,(H,12,14,15,17)/t9-/m0/s1. The number of hydrogen-bond donors (Lipinski definition) is 1. The Bertz CT molecular complexity index is 479. The van der Waals surface area contributed by atoms with Crippen LogP contribution in [0.3, 0.4) is 0 Å². The van der Waals surface area contributed by atoms with Crippen molar-refractivity contribution in [3.8, 4) is 0 Å². The molecule has 1 atom stereocenters. The lowest BCUT2D eigenvalue weighted by atomic mass is 10.0. The van der Waals surface area contributed by atoms with Crippen molar-refractivity contribution >= 4 is 5.95 Å². The summed E-state index contributed by atoms with van der Waals surface area (Å²) < 4.78 is 1.77. The number of rotatable bonds is 5. The zero-order valence-electron chi connectivity index (χ0n) is 10.8. The fourth-order valence-corrected chi connectivity index (χ4v) is 1.79. The third-order valence-electron chi connectivity index (χ3n) is 2.56. The van der Waals surface area contributed by atoms with E-state index in [-0.39, 0.29) is 6.04 Å². The van der Waals surface area contributed by atoms with Crippen molar-refractivity contribution in [1.29, 1.82) is 0 Å². The first-order valence-electron chi connectivity index (χ1n) is 5.89. The minimum absolute atomic E-state index is 0.0416. The van der Waals surface area contributed by atoms with Crippen LogP contribution in [0.2, 0.25) is 0 Å². The molecule has 0 aliphatic heterocycles. The lowest BCUT2D eigenvalue weighted by molar-refractivity contribution is 0.496. The molecule has 0 radical (unpaired) electrons. The number of anilines is 1. The fourth-order valence-electron chi connectivity index (χ4n) is 1.79. The van der Waals surface area contributed by atoms with Crippen LogP contribution in [0, 0.1) is 5.92 Å². The first kappa shape index (κ1) is 12.4. The summed E-state index contributed by atoms with van der Waals surface area (Å²) in [6.45, 7) is 4.33. The van der Waals surface area contributed by atoms with E-state index in [9.17, 15) is 0 Å². The van der Waals surface area contributed by atoms with Crippen molar-refractivity contribution in [2.24, 2.45) is 13.0 Å². The molecule has 0 saturated carbocycles. The molecule has 2 heterocycles. The Morgan fingerprint density at radius 2 is 1.89 bits per heavy atom. The molecule has 2 aromatic heterocycles. The molecule has 96 valence electrons. The molecular formula is C11H17N7. The maximum atomic E-state index is 4.28. The van der Waals surface area contributed by atoms with Gasteiger partial charge in [-0.1, -0.05) is 13.8 Å². The summed E-state index contributed by atoms with van der Waals surface area (Å²) in [4.78, 5) is 16.2. The monoisotopic (exact) mass is 247 g/mol. The van der Waals surface area contributed by atoms with Crippen LogP contribution in [0.15, 0.2) is 19.0 Å². The van der Waals surface area contributed by atoms with Crippen LogP contribution in [0.5, 0.6) is 0 Å². The quantitative estimate of drug-likeness (QED) is 0.855. The highest BCUT2D eigenvalue weighted by Gasteiger charge is 2.18. The zero-order valence-corrected chi connectivity index (χ0v) is 10.8. The van der Waals surface area contributed by atoms with E-state index < -0.39 is 0 Å². The summed E-state index contributed by atoms with van der Waals surface area (Å²) in [6, 6.07) is 0.0416. The van der Waals surface area contributed by atoms with Gasteiger partial charge in [0, 0.05) is 7.05 Å². The molecule has 2 aromatic rings. The van der Waals surface area contributed by atoms with Crippen molar-refractivity contribution in [1.82, 2.24) is 29.7 Å². The molecule has 0 aliphatic carbocycles.